The van der Waals surface area contributed by atoms with E-state index in [1.165, 1.54) is 4.90 Å². The molecule has 2 aromatic rings. The fraction of sp³-hybridized carbons (Fsp3) is 0.483. The summed E-state index contributed by atoms with van der Waals surface area (Å²) in [7, 11) is 0. The number of anilines is 1. The van der Waals surface area contributed by atoms with Crippen molar-refractivity contribution in [3.8, 4) is 0 Å². The fourth-order valence-electron chi connectivity index (χ4n) is 5.80. The van der Waals surface area contributed by atoms with Gasteiger partial charge < -0.3 is 20.3 Å². The Kier molecular flexibility index (Phi) is 6.15. The molecule has 8 heteroatoms. The Hall–Kier alpha value is -3.39. The Balaban J connectivity index is 1.16. The van der Waals surface area contributed by atoms with E-state index < -0.39 is 11.7 Å². The zero-order valence-electron chi connectivity index (χ0n) is 21.2. The number of amides is 2. The fourth-order valence-corrected chi connectivity index (χ4v) is 5.80. The molecule has 0 radical (unpaired) electrons. The van der Waals surface area contributed by atoms with Crippen LogP contribution in [-0.2, 0) is 21.7 Å². The first-order chi connectivity index (χ1) is 17.9. The van der Waals surface area contributed by atoms with Gasteiger partial charge in [0, 0.05) is 55.0 Å². The topological polar surface area (TPSA) is 91.0 Å². The molecule has 1 unspecified atom stereocenters. The summed E-state index contributed by atoms with van der Waals surface area (Å²) < 4.78 is 5.87. The molecule has 37 heavy (non-hydrogen) atoms. The van der Waals surface area contributed by atoms with Gasteiger partial charge in [0.2, 0.25) is 5.91 Å². The number of fused-ring (bicyclic) bond motifs is 2. The Morgan fingerprint density at radius 2 is 1.97 bits per heavy atom. The van der Waals surface area contributed by atoms with Crippen molar-refractivity contribution in [1.82, 2.24) is 15.1 Å². The maximum absolute atomic E-state index is 13.5. The lowest BCUT2D eigenvalue weighted by Gasteiger charge is -2.31. The SMILES string of the molecule is C[C@@H](C1CC1)N(Cc1ccccc1)C(=O)CN1CC2(CC(=O)c3cc(NCC4CNC4)ccc32)OC1=O. The van der Waals surface area contributed by atoms with Crippen molar-refractivity contribution < 1.29 is 19.1 Å². The maximum Gasteiger partial charge on any atom is 0.411 e. The Labute approximate surface area is 217 Å². The molecule has 0 bridgehead atoms. The minimum Gasteiger partial charge on any atom is -0.435 e. The van der Waals surface area contributed by atoms with Gasteiger partial charge in [-0.25, -0.2) is 4.79 Å². The number of ketones is 1. The number of nitrogens with one attached hydrogen (secondary N) is 2. The normalized spacial score (nSPS) is 23.5. The predicted molar refractivity (Wildman–Crippen MR) is 139 cm³/mol. The van der Waals surface area contributed by atoms with Gasteiger partial charge in [-0.3, -0.25) is 14.5 Å². The van der Waals surface area contributed by atoms with Gasteiger partial charge >= 0.3 is 6.09 Å². The van der Waals surface area contributed by atoms with Gasteiger partial charge in [0.15, 0.2) is 11.4 Å². The van der Waals surface area contributed by atoms with Crippen molar-refractivity contribution in [2.45, 2.75) is 44.4 Å². The van der Waals surface area contributed by atoms with E-state index in [2.05, 4.69) is 17.6 Å². The highest BCUT2D eigenvalue weighted by Crippen LogP contribution is 2.45. The number of hydrogen-bond donors (Lipinski definition) is 2. The van der Waals surface area contributed by atoms with Crippen LogP contribution in [0.1, 0.15) is 47.7 Å². The molecule has 6 rings (SSSR count). The number of ether oxygens (including phenoxy) is 1. The summed E-state index contributed by atoms with van der Waals surface area (Å²) in [5.74, 6) is 0.985. The lowest BCUT2D eigenvalue weighted by Crippen LogP contribution is -2.45. The van der Waals surface area contributed by atoms with Crippen molar-refractivity contribution in [2.24, 2.45) is 11.8 Å². The summed E-state index contributed by atoms with van der Waals surface area (Å²) in [6.07, 6.45) is 1.83. The number of hydrogen-bond acceptors (Lipinski definition) is 6. The van der Waals surface area contributed by atoms with Gasteiger partial charge in [0.05, 0.1) is 13.0 Å². The molecule has 2 heterocycles. The molecule has 2 aliphatic heterocycles. The van der Waals surface area contributed by atoms with E-state index in [0.29, 0.717) is 23.9 Å². The van der Waals surface area contributed by atoms with Crippen LogP contribution < -0.4 is 10.6 Å². The molecule has 2 aliphatic carbocycles. The highest BCUT2D eigenvalue weighted by Gasteiger charge is 2.54. The number of rotatable bonds is 9. The van der Waals surface area contributed by atoms with Gasteiger partial charge in [-0.1, -0.05) is 36.4 Å². The third-order valence-corrected chi connectivity index (χ3v) is 8.34. The van der Waals surface area contributed by atoms with Crippen LogP contribution in [0, 0.1) is 11.8 Å². The second kappa shape index (κ2) is 9.49. The first-order valence-electron chi connectivity index (χ1n) is 13.4. The summed E-state index contributed by atoms with van der Waals surface area (Å²) in [5.41, 5.74) is 2.29. The van der Waals surface area contributed by atoms with Crippen LogP contribution in [0.15, 0.2) is 48.5 Å². The zero-order chi connectivity index (χ0) is 25.6. The standard InChI is InChI=1S/C29H34N4O4/c1-19(22-7-8-22)33(16-20-5-3-2-4-6-20)27(35)17-32-18-29(37-28(32)36)12-26(34)24-11-23(9-10-25(24)29)31-15-21-13-30-14-21/h2-6,9-11,19,21-22,30-31H,7-8,12-18H2,1H3/t19-,29?/m0/s1. The van der Waals surface area contributed by atoms with Crippen molar-refractivity contribution in [2.75, 3.05) is 38.0 Å². The summed E-state index contributed by atoms with van der Waals surface area (Å²) >= 11 is 0. The molecule has 0 aromatic heterocycles. The molecule has 2 N–H and O–H groups in total. The number of nitrogens with zero attached hydrogens (tertiary/aromatic N) is 2. The first kappa shape index (κ1) is 24.0. The molecule has 2 saturated heterocycles. The van der Waals surface area contributed by atoms with E-state index in [-0.39, 0.29) is 37.2 Å². The molecule has 1 spiro atoms. The minimum absolute atomic E-state index is 0.0296. The second-order valence-corrected chi connectivity index (χ2v) is 11.1. The van der Waals surface area contributed by atoms with Crippen LogP contribution in [-0.4, -0.2) is 66.3 Å². The van der Waals surface area contributed by atoms with E-state index in [0.717, 1.165) is 49.3 Å². The van der Waals surface area contributed by atoms with E-state index >= 15 is 0 Å². The van der Waals surface area contributed by atoms with E-state index in [4.69, 9.17) is 4.74 Å². The van der Waals surface area contributed by atoms with Gasteiger partial charge in [-0.05, 0) is 43.4 Å². The molecular formula is C29H34N4O4. The van der Waals surface area contributed by atoms with Gasteiger partial charge in [-0.15, -0.1) is 0 Å². The zero-order valence-corrected chi connectivity index (χ0v) is 21.2. The molecule has 2 atom stereocenters. The summed E-state index contributed by atoms with van der Waals surface area (Å²) in [5, 5.41) is 6.68. The largest absolute Gasteiger partial charge is 0.435 e. The molecular weight excluding hydrogens is 468 g/mol. The van der Waals surface area contributed by atoms with Crippen LogP contribution in [0.2, 0.25) is 0 Å². The Morgan fingerprint density at radius 3 is 2.68 bits per heavy atom. The van der Waals surface area contributed by atoms with Crippen LogP contribution in [0.3, 0.4) is 0 Å². The highest BCUT2D eigenvalue weighted by molar-refractivity contribution is 6.03. The van der Waals surface area contributed by atoms with Crippen LogP contribution >= 0.6 is 0 Å². The summed E-state index contributed by atoms with van der Waals surface area (Å²) in [4.78, 5) is 42.9. The third-order valence-electron chi connectivity index (χ3n) is 8.34. The van der Waals surface area contributed by atoms with E-state index in [1.54, 1.807) is 0 Å². The monoisotopic (exact) mass is 502 g/mol. The second-order valence-electron chi connectivity index (χ2n) is 11.1. The molecule has 1 saturated carbocycles. The predicted octanol–water partition coefficient (Wildman–Crippen LogP) is 3.38. The van der Waals surface area contributed by atoms with Crippen LogP contribution in [0.5, 0.6) is 0 Å². The van der Waals surface area contributed by atoms with Crippen molar-refractivity contribution in [3.63, 3.8) is 0 Å². The van der Waals surface area contributed by atoms with Gasteiger partial charge in [0.25, 0.3) is 0 Å². The smallest absolute Gasteiger partial charge is 0.411 e. The average molecular weight is 503 g/mol. The molecule has 2 amide bonds. The number of Topliss-reactive ketones (excluding diaryl/α,β-unsaturated/α-hetero) is 1. The maximum atomic E-state index is 13.5. The Morgan fingerprint density at radius 1 is 1.19 bits per heavy atom. The number of carbonyl (C=O) groups is 3. The first-order valence-corrected chi connectivity index (χ1v) is 13.4. The summed E-state index contributed by atoms with van der Waals surface area (Å²) in [6.45, 7) is 5.63. The number of benzene rings is 2. The number of carbonyl (C=O) groups excluding carboxylic acids is 3. The van der Waals surface area contributed by atoms with Crippen molar-refractivity contribution in [1.29, 1.82) is 0 Å². The molecule has 194 valence electrons. The quantitative estimate of drug-likeness (QED) is 0.546. The van der Waals surface area contributed by atoms with E-state index in [1.807, 2.05) is 53.4 Å². The van der Waals surface area contributed by atoms with Gasteiger partial charge in [-0.2, -0.15) is 0 Å². The average Bonchev–Trinajstić information content (AvgIpc) is 3.62. The van der Waals surface area contributed by atoms with Crippen molar-refractivity contribution >= 4 is 23.5 Å². The lowest BCUT2D eigenvalue weighted by atomic mass is 9.95. The van der Waals surface area contributed by atoms with Crippen molar-refractivity contribution in [3.05, 3.63) is 65.2 Å². The highest BCUT2D eigenvalue weighted by atomic mass is 16.6. The molecule has 2 aromatic carbocycles. The molecule has 8 nitrogen and oxygen atoms in total. The summed E-state index contributed by atoms with van der Waals surface area (Å²) in [6, 6.07) is 15.8. The van der Waals surface area contributed by atoms with E-state index in [9.17, 15) is 14.4 Å². The Bertz CT molecular complexity index is 1210. The third kappa shape index (κ3) is 4.70. The van der Waals surface area contributed by atoms with Crippen LogP contribution in [0.25, 0.3) is 0 Å². The van der Waals surface area contributed by atoms with Crippen LogP contribution in [0.4, 0.5) is 10.5 Å². The minimum atomic E-state index is -1.02. The molecule has 3 fully saturated rings. The lowest BCUT2D eigenvalue weighted by molar-refractivity contribution is -0.134. The molecule has 4 aliphatic rings. The van der Waals surface area contributed by atoms with Gasteiger partial charge in [0.1, 0.15) is 6.54 Å².